The number of amides is 1. The number of nitrogens with zero attached hydrogens (tertiary/aromatic N) is 2. The molecule has 0 unspecified atom stereocenters. The molecule has 0 saturated carbocycles. The van der Waals surface area contributed by atoms with Crippen molar-refractivity contribution in [2.75, 3.05) is 17.7 Å². The molecule has 0 bridgehead atoms. The van der Waals surface area contributed by atoms with Gasteiger partial charge in [-0.25, -0.2) is 14.8 Å². The van der Waals surface area contributed by atoms with Gasteiger partial charge in [0.15, 0.2) is 18.1 Å². The quantitative estimate of drug-likeness (QED) is 0.809. The van der Waals surface area contributed by atoms with E-state index in [0.717, 1.165) is 12.0 Å². The minimum atomic E-state index is -0.787. The molecule has 2 rings (SSSR count). The summed E-state index contributed by atoms with van der Waals surface area (Å²) in [6.45, 7) is 1.56. The van der Waals surface area contributed by atoms with Crippen molar-refractivity contribution >= 4 is 23.4 Å². The van der Waals surface area contributed by atoms with Crippen LogP contribution in [0.1, 0.15) is 23.0 Å². The van der Waals surface area contributed by atoms with Gasteiger partial charge in [0.1, 0.15) is 0 Å². The van der Waals surface area contributed by atoms with Crippen molar-refractivity contribution in [1.29, 1.82) is 0 Å². The average molecular weight is 300 g/mol. The molecule has 0 aliphatic heterocycles. The molecule has 22 heavy (non-hydrogen) atoms. The van der Waals surface area contributed by atoms with Crippen LogP contribution < -0.4 is 11.1 Å². The van der Waals surface area contributed by atoms with Gasteiger partial charge in [-0.15, -0.1) is 0 Å². The maximum absolute atomic E-state index is 11.8. The number of rotatable bonds is 5. The number of benzene rings is 1. The third-order valence-electron chi connectivity index (χ3n) is 2.93. The number of hydrogen-bond donors (Lipinski definition) is 2. The van der Waals surface area contributed by atoms with Crippen LogP contribution in [0.15, 0.2) is 36.7 Å². The molecular weight excluding hydrogens is 284 g/mol. The number of hydrogen-bond acceptors (Lipinski definition) is 6. The third-order valence-corrected chi connectivity index (χ3v) is 2.93. The zero-order chi connectivity index (χ0) is 15.9. The summed E-state index contributed by atoms with van der Waals surface area (Å²) in [5.41, 5.74) is 7.11. The van der Waals surface area contributed by atoms with E-state index >= 15 is 0 Å². The fraction of sp³-hybridized carbons (Fsp3) is 0.200. The number of nitrogen functional groups attached to an aromatic ring is 1. The monoisotopic (exact) mass is 300 g/mol. The van der Waals surface area contributed by atoms with Gasteiger partial charge in [-0.2, -0.15) is 0 Å². The largest absolute Gasteiger partial charge is 0.451 e. The summed E-state index contributed by atoms with van der Waals surface area (Å²) in [7, 11) is 0. The number of esters is 1. The number of ether oxygens (including phenoxy) is 1. The highest BCUT2D eigenvalue weighted by Gasteiger charge is 2.15. The predicted molar refractivity (Wildman–Crippen MR) is 81.2 cm³/mol. The molecule has 1 aromatic heterocycles. The molecule has 114 valence electrons. The molecule has 0 saturated heterocycles. The Bertz CT molecular complexity index is 688. The van der Waals surface area contributed by atoms with Crippen molar-refractivity contribution in [2.45, 2.75) is 13.3 Å². The first-order chi connectivity index (χ1) is 10.6. The van der Waals surface area contributed by atoms with Crippen molar-refractivity contribution < 1.29 is 14.3 Å². The van der Waals surface area contributed by atoms with Crippen molar-refractivity contribution in [3.05, 3.63) is 47.9 Å². The minimum Gasteiger partial charge on any atom is -0.451 e. The topological polar surface area (TPSA) is 107 Å². The van der Waals surface area contributed by atoms with Gasteiger partial charge in [-0.3, -0.25) is 4.79 Å². The zero-order valence-electron chi connectivity index (χ0n) is 12.1. The van der Waals surface area contributed by atoms with E-state index in [9.17, 15) is 9.59 Å². The van der Waals surface area contributed by atoms with E-state index < -0.39 is 18.5 Å². The van der Waals surface area contributed by atoms with Gasteiger partial charge in [-0.1, -0.05) is 25.1 Å². The van der Waals surface area contributed by atoms with E-state index in [0.29, 0.717) is 5.69 Å². The van der Waals surface area contributed by atoms with E-state index in [1.807, 2.05) is 25.1 Å². The summed E-state index contributed by atoms with van der Waals surface area (Å²) in [4.78, 5) is 31.1. The fourth-order valence-corrected chi connectivity index (χ4v) is 1.84. The summed E-state index contributed by atoms with van der Waals surface area (Å²) in [6, 6.07) is 7.42. The zero-order valence-corrected chi connectivity index (χ0v) is 12.1. The van der Waals surface area contributed by atoms with E-state index in [-0.39, 0.29) is 11.5 Å². The SMILES string of the molecule is CCc1ccccc1NC(=O)COC(=O)c1nccnc1N. The van der Waals surface area contributed by atoms with Crippen LogP contribution in [0.25, 0.3) is 0 Å². The van der Waals surface area contributed by atoms with Gasteiger partial charge in [0, 0.05) is 18.1 Å². The lowest BCUT2D eigenvalue weighted by molar-refractivity contribution is -0.119. The Balaban J connectivity index is 1.93. The first kappa shape index (κ1) is 15.4. The second-order valence-corrected chi connectivity index (χ2v) is 4.43. The first-order valence-electron chi connectivity index (χ1n) is 6.73. The van der Waals surface area contributed by atoms with Crippen molar-refractivity contribution in [3.63, 3.8) is 0 Å². The van der Waals surface area contributed by atoms with Crippen molar-refractivity contribution in [3.8, 4) is 0 Å². The fourth-order valence-electron chi connectivity index (χ4n) is 1.84. The minimum absolute atomic E-state index is 0.0377. The number of carbonyl (C=O) groups is 2. The Labute approximate surface area is 127 Å². The molecule has 0 spiro atoms. The number of para-hydroxylation sites is 1. The van der Waals surface area contributed by atoms with Gasteiger partial charge in [0.2, 0.25) is 0 Å². The highest BCUT2D eigenvalue weighted by molar-refractivity contribution is 5.96. The van der Waals surface area contributed by atoms with Gasteiger partial charge in [-0.05, 0) is 18.1 Å². The molecule has 0 aliphatic rings. The van der Waals surface area contributed by atoms with Gasteiger partial charge < -0.3 is 15.8 Å². The molecule has 0 aliphatic carbocycles. The third kappa shape index (κ3) is 3.78. The lowest BCUT2D eigenvalue weighted by Crippen LogP contribution is -2.22. The summed E-state index contributed by atoms with van der Waals surface area (Å²) in [6.07, 6.45) is 3.47. The Morgan fingerprint density at radius 1 is 1.23 bits per heavy atom. The number of anilines is 2. The maximum atomic E-state index is 11.8. The summed E-state index contributed by atoms with van der Waals surface area (Å²) < 4.78 is 4.88. The molecule has 1 aromatic carbocycles. The normalized spacial score (nSPS) is 10.0. The van der Waals surface area contributed by atoms with Gasteiger partial charge >= 0.3 is 5.97 Å². The molecule has 0 radical (unpaired) electrons. The van der Waals surface area contributed by atoms with Crippen LogP contribution in [0.3, 0.4) is 0 Å². The summed E-state index contributed by atoms with van der Waals surface area (Å²) in [5.74, 6) is -1.26. The lowest BCUT2D eigenvalue weighted by Gasteiger charge is -2.10. The molecule has 2 aromatic rings. The number of aromatic nitrogens is 2. The number of nitrogens with one attached hydrogen (secondary N) is 1. The first-order valence-corrected chi connectivity index (χ1v) is 6.73. The molecule has 7 nitrogen and oxygen atoms in total. The molecular formula is C15H16N4O3. The summed E-state index contributed by atoms with van der Waals surface area (Å²) in [5, 5.41) is 2.70. The lowest BCUT2D eigenvalue weighted by atomic mass is 10.1. The molecule has 1 heterocycles. The maximum Gasteiger partial charge on any atom is 0.361 e. The Morgan fingerprint density at radius 3 is 2.68 bits per heavy atom. The van der Waals surface area contributed by atoms with Crippen molar-refractivity contribution in [2.24, 2.45) is 0 Å². The highest BCUT2D eigenvalue weighted by atomic mass is 16.5. The van der Waals surface area contributed by atoms with E-state index in [1.54, 1.807) is 6.07 Å². The smallest absolute Gasteiger partial charge is 0.361 e. The molecule has 1 amide bonds. The van der Waals surface area contributed by atoms with Crippen LogP contribution in [0, 0.1) is 0 Å². The number of carbonyl (C=O) groups excluding carboxylic acids is 2. The van der Waals surface area contributed by atoms with E-state index in [2.05, 4.69) is 15.3 Å². The van der Waals surface area contributed by atoms with Crippen LogP contribution in [-0.2, 0) is 16.0 Å². The Morgan fingerprint density at radius 2 is 1.95 bits per heavy atom. The average Bonchev–Trinajstić information content (AvgIpc) is 2.53. The Hall–Kier alpha value is -2.96. The van der Waals surface area contributed by atoms with Crippen LogP contribution in [-0.4, -0.2) is 28.5 Å². The molecule has 3 N–H and O–H groups in total. The highest BCUT2D eigenvalue weighted by Crippen LogP contribution is 2.15. The Kier molecular flexibility index (Phi) is 5.02. The van der Waals surface area contributed by atoms with Crippen LogP contribution >= 0.6 is 0 Å². The molecule has 7 heteroatoms. The van der Waals surface area contributed by atoms with Crippen LogP contribution in [0.2, 0.25) is 0 Å². The van der Waals surface area contributed by atoms with Crippen LogP contribution in [0.5, 0.6) is 0 Å². The standard InChI is InChI=1S/C15H16N4O3/c1-2-10-5-3-4-6-11(10)19-12(20)9-22-15(21)13-14(16)18-8-7-17-13/h3-8H,2,9H2,1H3,(H2,16,18)(H,19,20). The van der Waals surface area contributed by atoms with E-state index in [4.69, 9.17) is 10.5 Å². The summed E-state index contributed by atoms with van der Waals surface area (Å²) >= 11 is 0. The predicted octanol–water partition coefficient (Wildman–Crippen LogP) is 1.42. The van der Waals surface area contributed by atoms with Gasteiger partial charge in [0.05, 0.1) is 0 Å². The molecule has 0 fully saturated rings. The van der Waals surface area contributed by atoms with Crippen LogP contribution in [0.4, 0.5) is 11.5 Å². The van der Waals surface area contributed by atoms with Crippen molar-refractivity contribution in [1.82, 2.24) is 9.97 Å². The van der Waals surface area contributed by atoms with Gasteiger partial charge in [0.25, 0.3) is 5.91 Å². The second-order valence-electron chi connectivity index (χ2n) is 4.43. The second kappa shape index (κ2) is 7.16. The van der Waals surface area contributed by atoms with E-state index in [1.165, 1.54) is 12.4 Å². The molecule has 0 atom stereocenters. The number of aryl methyl sites for hydroxylation is 1. The number of nitrogens with two attached hydrogens (primary N) is 1.